The molecule has 14 rings (SSSR count). The molecule has 0 bridgehead atoms. The van der Waals surface area contributed by atoms with Gasteiger partial charge in [-0.05, 0) is 119 Å². The number of nitrogens with one attached hydrogen (secondary N) is 1. The molecule has 0 atom stereocenters. The first kappa shape index (κ1) is 173. The van der Waals surface area contributed by atoms with Crippen LogP contribution in [0.15, 0.2) is 350 Å². The minimum absolute atomic E-state index is 0. The minimum atomic E-state index is -0.0983. The Morgan fingerprint density at radius 1 is 0.299 bits per heavy atom. The number of phenolic OH excluding ortho intramolecular Hbond substituents is 3. The van der Waals surface area contributed by atoms with Gasteiger partial charge in [0, 0.05) is 134 Å². The molecule has 4 radical (unpaired) electrons. The molecule has 13 aromatic carbocycles. The quantitative estimate of drug-likeness (QED) is 0.0461. The molecule has 144 heavy (non-hydrogen) atoms. The van der Waals surface area contributed by atoms with E-state index in [9.17, 15) is 15.3 Å². The van der Waals surface area contributed by atoms with Crippen LogP contribution in [0.25, 0.3) is 48.8 Å². The van der Waals surface area contributed by atoms with E-state index in [1.54, 1.807) is 102 Å². The number of anilines is 1. The third-order valence-electron chi connectivity index (χ3n) is 14.7. The van der Waals surface area contributed by atoms with Gasteiger partial charge in [-0.3, -0.25) is 0 Å². The molecule has 0 saturated carbocycles. The summed E-state index contributed by atoms with van der Waals surface area (Å²) in [4.78, 5) is 0. The summed E-state index contributed by atoms with van der Waals surface area (Å²) in [6.45, 7) is 59.3. The number of phenols is 3. The monoisotopic (exact) mass is 2180 g/mol. The molecule has 0 aliphatic carbocycles. The number of rotatable bonds is 10. The summed E-state index contributed by atoms with van der Waals surface area (Å²) in [5.41, 5.74) is 6.87. The van der Waals surface area contributed by atoms with Crippen molar-refractivity contribution in [2.45, 2.75) is 281 Å². The fourth-order valence-electron chi connectivity index (χ4n) is 9.43. The van der Waals surface area contributed by atoms with Crippen molar-refractivity contribution in [1.29, 1.82) is 0 Å². The second-order valence-corrected chi connectivity index (χ2v) is 25.9. The summed E-state index contributed by atoms with van der Waals surface area (Å²) in [7, 11) is 8.59. The van der Waals surface area contributed by atoms with Gasteiger partial charge in [-0.2, -0.15) is 40.5 Å². The molecule has 0 saturated heterocycles. The molecule has 828 valence electrons. The van der Waals surface area contributed by atoms with E-state index < -0.39 is 0 Å². The van der Waals surface area contributed by atoms with Gasteiger partial charge in [-0.25, -0.2) is 0 Å². The van der Waals surface area contributed by atoms with Gasteiger partial charge < -0.3 is 46.2 Å². The zero-order valence-corrected chi connectivity index (χ0v) is 96.0. The van der Waals surface area contributed by atoms with Crippen molar-refractivity contribution in [2.75, 3.05) is 54.3 Å². The molecule has 19 nitrogen and oxygen atoms in total. The molecule has 0 amide bonds. The standard InChI is InChI=1S/C17H14N2O2.C12H14N4O.3C10H8.2C7H8N2O.C7H9N.C5H12.5C3H8.C2H6O.7C2H6.2CH4O.3CH4.4Cu/c20-11-13-6-2-4-8-15(13)18-19-16-10-9-12-5-1-3-7-14(12)17(16)21;1-8-4-6-10(7-5-8)16-12(17)11(14-13-3)9(2)15-16;3*1-2-6-10-8-4-3-7-9(10)5-1;2*1-8-9-6-4-2-3-5-7(6)10;1-8-7-5-3-2-4-6-7;1-3-5-4-2;5*1-3-2;1-2-3;9*1-2;;;;;;;/h1-10,20-21H,11H2;4-7,17H,1-3H3;3*1-8H;2*2-5,10H,1H3;2-6,8H,1H3;3-5H2,1-2H3;5*3H2,1-2H3;3H,2H2,1H3;7*1-2H3;2*2H,1H3;3*1H4;;;;. The van der Waals surface area contributed by atoms with Crippen LogP contribution in [-0.2, 0) is 74.9 Å². The van der Waals surface area contributed by atoms with Crippen LogP contribution < -0.4 is 5.32 Å². The molecular weight excluding hydrogens is 1990 g/mol. The van der Waals surface area contributed by atoms with Crippen molar-refractivity contribution >= 4 is 77.2 Å². The van der Waals surface area contributed by atoms with Crippen LogP contribution in [0.4, 0.5) is 34.1 Å². The van der Waals surface area contributed by atoms with Gasteiger partial charge in [0.25, 0.3) is 0 Å². The summed E-state index contributed by atoms with van der Waals surface area (Å²) >= 11 is 0. The number of azo groups is 4. The average molecular weight is 2190 g/mol. The largest absolute Gasteiger partial charge is 0.506 e. The van der Waals surface area contributed by atoms with E-state index in [0.717, 1.165) is 41.9 Å². The summed E-state index contributed by atoms with van der Waals surface area (Å²) in [6, 6.07) is 99.9. The number of aromatic hydroxyl groups is 4. The molecule has 0 spiro atoms. The number of para-hydroxylation sites is 3. The fraction of sp³-hybridized carbons (Fsp3) is 0.397. The summed E-state index contributed by atoms with van der Waals surface area (Å²) in [5.74, 6) is 0.441. The topological polar surface area (TPSA) is 291 Å². The Balaban J connectivity index is -0.0000000813. The van der Waals surface area contributed by atoms with Gasteiger partial charge >= 0.3 is 0 Å². The predicted molar refractivity (Wildman–Crippen MR) is 626 cm³/mol. The molecule has 23 heteroatoms. The number of nitrogens with zero attached hydrogens (tertiary/aromatic N) is 10. The number of fused-ring (bicyclic) bond motifs is 4. The maximum absolute atomic E-state index is 10.3. The molecule has 1 aromatic heterocycles. The normalized spacial score (nSPS) is 8.41. The van der Waals surface area contributed by atoms with Gasteiger partial charge in [-0.1, -0.05) is 508 Å². The molecule has 0 aliphatic rings. The van der Waals surface area contributed by atoms with E-state index >= 15 is 0 Å². The van der Waals surface area contributed by atoms with Crippen LogP contribution >= 0.6 is 0 Å². The Morgan fingerprint density at radius 3 is 0.819 bits per heavy atom. The number of aryl methyl sites for hydroxylation is 2. The van der Waals surface area contributed by atoms with E-state index in [2.05, 4.69) is 280 Å². The molecule has 0 aliphatic heterocycles. The predicted octanol–water partition coefficient (Wildman–Crippen LogP) is 39.4. The van der Waals surface area contributed by atoms with Crippen molar-refractivity contribution in [3.8, 4) is 28.8 Å². The van der Waals surface area contributed by atoms with Crippen LogP contribution in [0, 0.1) is 13.8 Å². The fourth-order valence-corrected chi connectivity index (χ4v) is 9.43. The molecule has 0 fully saturated rings. The summed E-state index contributed by atoms with van der Waals surface area (Å²) in [5, 5.41) is 116. The van der Waals surface area contributed by atoms with Gasteiger partial charge in [0.05, 0.1) is 23.7 Å². The zero-order valence-electron chi connectivity index (χ0n) is 92.3. The van der Waals surface area contributed by atoms with E-state index in [-0.39, 0.29) is 127 Å². The summed E-state index contributed by atoms with van der Waals surface area (Å²) in [6.07, 6.45) is 10.3. The van der Waals surface area contributed by atoms with Crippen LogP contribution in [0.1, 0.15) is 277 Å². The van der Waals surface area contributed by atoms with Gasteiger partial charge in [0.15, 0.2) is 11.4 Å². The Kier molecular flexibility index (Phi) is 164. The Labute approximate surface area is 920 Å². The first-order valence-corrected chi connectivity index (χ1v) is 49.0. The van der Waals surface area contributed by atoms with Crippen LogP contribution in [0.3, 0.4) is 0 Å². The molecule has 0 unspecified atom stereocenters. The molecule has 9 N–H and O–H groups in total. The Morgan fingerprint density at radius 2 is 0.556 bits per heavy atom. The number of benzene rings is 13. The number of hydrogen-bond acceptors (Lipinski definition) is 18. The number of aliphatic hydroxyl groups excluding tert-OH is 4. The van der Waals surface area contributed by atoms with Crippen molar-refractivity contribution in [3.05, 3.63) is 326 Å². The molecule has 14 aromatic rings. The number of unbranched alkanes of at least 4 members (excludes halogenated alkanes) is 2. The number of aromatic nitrogens is 2. The first-order valence-electron chi connectivity index (χ1n) is 49.0. The second kappa shape index (κ2) is 137. The van der Waals surface area contributed by atoms with E-state index in [4.69, 9.17) is 25.5 Å². The molecule has 1 heterocycles. The van der Waals surface area contributed by atoms with Crippen molar-refractivity contribution in [3.63, 3.8) is 0 Å². The Bertz CT molecular complexity index is 4560. The van der Waals surface area contributed by atoms with Crippen molar-refractivity contribution in [1.82, 2.24) is 9.78 Å². The van der Waals surface area contributed by atoms with Gasteiger partial charge in [-0.15, -0.1) is 10.2 Å². The summed E-state index contributed by atoms with van der Waals surface area (Å²) < 4.78 is 1.46. The van der Waals surface area contributed by atoms with E-state index in [1.807, 2.05) is 208 Å². The first-order chi connectivity index (χ1) is 66.8. The SMILES string of the molecule is C.C.C.CC.CC.CC.CC.CC.CC.CC.CCC.CCC.CCC.CCC.CCC.CCCCC.CCO.CN=Nc1c(C)nn(-c2ccc(C)cc2)c1O.CN=Nc1ccccc1O.CN=Nc1ccccc1O.CNc1ccccc1.CO.CO.OCc1ccccc1N=Nc1ccc2ccccc2c1O.[Cu].[Cu].[Cu].[Cu].c1ccc2ccccc2c1.c1ccc2ccccc2c1.c1ccc2ccccc2c1. The van der Waals surface area contributed by atoms with Crippen molar-refractivity contribution < 1.29 is 109 Å². The number of hydrogen-bond donors (Lipinski definition) is 9. The third kappa shape index (κ3) is 89.1. The maximum Gasteiger partial charge on any atom is 0.243 e. The van der Waals surface area contributed by atoms with Crippen LogP contribution in [-0.4, -0.2) is 99.6 Å². The molecular formula is C121H197Cu4N11O8. The van der Waals surface area contributed by atoms with E-state index in [1.165, 1.54) is 88.4 Å². The third-order valence-corrected chi connectivity index (χ3v) is 14.7. The van der Waals surface area contributed by atoms with Crippen molar-refractivity contribution in [2.24, 2.45) is 40.9 Å². The minimum Gasteiger partial charge on any atom is -0.506 e. The van der Waals surface area contributed by atoms with Gasteiger partial charge in [0.1, 0.15) is 28.6 Å². The Hall–Kier alpha value is -10.6. The van der Waals surface area contributed by atoms with Crippen LogP contribution in [0.2, 0.25) is 0 Å². The average Bonchev–Trinajstić information content (AvgIpc) is 1.60. The maximum atomic E-state index is 10.3. The van der Waals surface area contributed by atoms with E-state index in [0.29, 0.717) is 39.7 Å². The van der Waals surface area contributed by atoms with Gasteiger partial charge in [0.2, 0.25) is 5.88 Å². The zero-order chi connectivity index (χ0) is 106. The second-order valence-electron chi connectivity index (χ2n) is 25.9. The smallest absolute Gasteiger partial charge is 0.243 e. The van der Waals surface area contributed by atoms with Crippen LogP contribution in [0.5, 0.6) is 23.1 Å². The number of aliphatic hydroxyl groups is 4.